The van der Waals surface area contributed by atoms with Gasteiger partial charge >= 0.3 is 5.97 Å². The fourth-order valence-electron chi connectivity index (χ4n) is 2.73. The smallest absolute Gasteiger partial charge is 0.340 e. The van der Waals surface area contributed by atoms with Gasteiger partial charge in [0, 0.05) is 18.0 Å². The van der Waals surface area contributed by atoms with E-state index in [0.29, 0.717) is 16.8 Å². The summed E-state index contributed by atoms with van der Waals surface area (Å²) in [6.07, 6.45) is 7.28. The van der Waals surface area contributed by atoms with E-state index in [1.165, 1.54) is 0 Å². The van der Waals surface area contributed by atoms with Crippen molar-refractivity contribution >= 4 is 29.7 Å². The monoisotopic (exact) mass is 400 g/mol. The first-order valence-corrected chi connectivity index (χ1v) is 9.64. The van der Waals surface area contributed by atoms with E-state index in [2.05, 4.69) is 10.3 Å². The third-order valence-electron chi connectivity index (χ3n) is 4.10. The standard InChI is InChI=1S/C25H24N2O3/c1-25(2,3)30-24(29)21-14-13-18(11-12-19-8-7-15-26-17-19)16-22(21)27-23(28)20-9-5-4-6-10-20/h4-17H,1-3H3,(H,27,28)/b12-11+. The second-order valence-corrected chi connectivity index (χ2v) is 7.75. The number of hydrogen-bond donors (Lipinski definition) is 1. The number of nitrogens with zero attached hydrogens (tertiary/aromatic N) is 1. The third-order valence-corrected chi connectivity index (χ3v) is 4.10. The molecule has 0 bridgehead atoms. The van der Waals surface area contributed by atoms with Crippen LogP contribution >= 0.6 is 0 Å². The number of amides is 1. The lowest BCUT2D eigenvalue weighted by Crippen LogP contribution is -2.25. The first-order chi connectivity index (χ1) is 14.3. The maximum atomic E-state index is 12.7. The molecular weight excluding hydrogens is 376 g/mol. The van der Waals surface area contributed by atoms with Crippen molar-refractivity contribution < 1.29 is 14.3 Å². The molecule has 3 rings (SSSR count). The Kier molecular flexibility index (Phi) is 6.42. The van der Waals surface area contributed by atoms with E-state index in [-0.39, 0.29) is 5.91 Å². The van der Waals surface area contributed by atoms with Crippen LogP contribution in [0.5, 0.6) is 0 Å². The molecule has 2 aromatic carbocycles. The van der Waals surface area contributed by atoms with Gasteiger partial charge in [-0.25, -0.2) is 4.79 Å². The minimum absolute atomic E-state index is 0.297. The normalized spacial score (nSPS) is 11.3. The van der Waals surface area contributed by atoms with Crippen molar-refractivity contribution in [2.75, 3.05) is 5.32 Å². The largest absolute Gasteiger partial charge is 0.456 e. The highest BCUT2D eigenvalue weighted by atomic mass is 16.6. The zero-order chi connectivity index (χ0) is 21.6. The first-order valence-electron chi connectivity index (χ1n) is 9.64. The molecule has 30 heavy (non-hydrogen) atoms. The first kappa shape index (κ1) is 21.0. The van der Waals surface area contributed by atoms with Gasteiger partial charge in [0.2, 0.25) is 0 Å². The predicted octanol–water partition coefficient (Wildman–Crippen LogP) is 5.46. The molecule has 152 valence electrons. The average molecular weight is 400 g/mol. The minimum Gasteiger partial charge on any atom is -0.456 e. The number of hydrogen-bond acceptors (Lipinski definition) is 4. The molecule has 0 radical (unpaired) electrons. The van der Waals surface area contributed by atoms with E-state index in [4.69, 9.17) is 4.74 Å². The Balaban J connectivity index is 1.92. The second kappa shape index (κ2) is 9.18. The Morgan fingerprint density at radius 2 is 1.67 bits per heavy atom. The molecule has 0 aliphatic carbocycles. The van der Waals surface area contributed by atoms with Crippen molar-refractivity contribution in [1.82, 2.24) is 4.98 Å². The Labute approximate surface area is 176 Å². The van der Waals surface area contributed by atoms with Gasteiger partial charge in [0.1, 0.15) is 5.60 Å². The van der Waals surface area contributed by atoms with E-state index in [0.717, 1.165) is 11.1 Å². The van der Waals surface area contributed by atoms with Crippen molar-refractivity contribution in [3.8, 4) is 0 Å². The molecule has 1 amide bonds. The number of ether oxygens (including phenoxy) is 1. The molecule has 0 aliphatic rings. The van der Waals surface area contributed by atoms with Crippen LogP contribution in [-0.2, 0) is 4.74 Å². The van der Waals surface area contributed by atoms with Crippen molar-refractivity contribution in [1.29, 1.82) is 0 Å². The van der Waals surface area contributed by atoms with E-state index >= 15 is 0 Å². The molecule has 0 fully saturated rings. The second-order valence-electron chi connectivity index (χ2n) is 7.75. The van der Waals surface area contributed by atoms with Crippen LogP contribution in [0.25, 0.3) is 12.2 Å². The number of carbonyl (C=O) groups is 2. The van der Waals surface area contributed by atoms with Crippen LogP contribution < -0.4 is 5.32 Å². The van der Waals surface area contributed by atoms with E-state index < -0.39 is 11.6 Å². The summed E-state index contributed by atoms with van der Waals surface area (Å²) in [7, 11) is 0. The molecule has 5 heteroatoms. The molecule has 1 heterocycles. The van der Waals surface area contributed by atoms with Crippen LogP contribution in [0.1, 0.15) is 52.6 Å². The van der Waals surface area contributed by atoms with Crippen molar-refractivity contribution in [2.24, 2.45) is 0 Å². The highest BCUT2D eigenvalue weighted by Crippen LogP contribution is 2.23. The maximum Gasteiger partial charge on any atom is 0.340 e. The van der Waals surface area contributed by atoms with E-state index in [1.807, 2.05) is 36.4 Å². The lowest BCUT2D eigenvalue weighted by molar-refractivity contribution is 0.00708. The van der Waals surface area contributed by atoms with E-state index in [1.54, 1.807) is 69.6 Å². The van der Waals surface area contributed by atoms with Crippen molar-refractivity contribution in [3.05, 3.63) is 95.3 Å². The van der Waals surface area contributed by atoms with Gasteiger partial charge in [-0.1, -0.05) is 42.5 Å². The van der Waals surface area contributed by atoms with Gasteiger partial charge in [0.25, 0.3) is 5.91 Å². The lowest BCUT2D eigenvalue weighted by Gasteiger charge is -2.21. The molecule has 0 saturated heterocycles. The molecule has 0 unspecified atom stereocenters. The minimum atomic E-state index is -0.642. The predicted molar refractivity (Wildman–Crippen MR) is 119 cm³/mol. The summed E-state index contributed by atoms with van der Waals surface area (Å²) >= 11 is 0. The van der Waals surface area contributed by atoms with Gasteiger partial charge in [-0.3, -0.25) is 9.78 Å². The molecule has 0 spiro atoms. The Bertz CT molecular complexity index is 1050. The Morgan fingerprint density at radius 3 is 2.33 bits per heavy atom. The highest BCUT2D eigenvalue weighted by molar-refractivity contribution is 6.08. The summed E-state index contributed by atoms with van der Waals surface area (Å²) in [6, 6.07) is 17.9. The Hall–Kier alpha value is -3.73. The van der Waals surface area contributed by atoms with Gasteiger partial charge in [0.15, 0.2) is 0 Å². The molecule has 1 aromatic heterocycles. The number of esters is 1. The zero-order valence-electron chi connectivity index (χ0n) is 17.3. The quantitative estimate of drug-likeness (QED) is 0.578. The fraction of sp³-hybridized carbons (Fsp3) is 0.160. The van der Waals surface area contributed by atoms with Crippen LogP contribution in [0.2, 0.25) is 0 Å². The average Bonchev–Trinajstić information content (AvgIpc) is 2.72. The molecular formula is C25H24N2O3. The molecule has 1 N–H and O–H groups in total. The lowest BCUT2D eigenvalue weighted by atomic mass is 10.1. The summed E-state index contributed by atoms with van der Waals surface area (Å²) in [5, 5.41) is 2.85. The van der Waals surface area contributed by atoms with Crippen molar-refractivity contribution in [2.45, 2.75) is 26.4 Å². The van der Waals surface area contributed by atoms with Gasteiger partial charge in [0.05, 0.1) is 11.3 Å². The SMILES string of the molecule is CC(C)(C)OC(=O)c1ccc(/C=C/c2cccnc2)cc1NC(=O)c1ccccc1. The summed E-state index contributed by atoms with van der Waals surface area (Å²) < 4.78 is 5.50. The number of benzene rings is 2. The van der Waals surface area contributed by atoms with Crippen LogP contribution in [0.15, 0.2) is 73.1 Å². The Morgan fingerprint density at radius 1 is 0.933 bits per heavy atom. The summed E-state index contributed by atoms with van der Waals surface area (Å²) in [5.74, 6) is -0.789. The summed E-state index contributed by atoms with van der Waals surface area (Å²) in [6.45, 7) is 5.41. The number of nitrogens with one attached hydrogen (secondary N) is 1. The molecule has 3 aromatic rings. The molecule has 0 aliphatic heterocycles. The molecule has 0 saturated carbocycles. The van der Waals surface area contributed by atoms with Crippen LogP contribution in [-0.4, -0.2) is 22.5 Å². The van der Waals surface area contributed by atoms with Gasteiger partial charge in [-0.15, -0.1) is 0 Å². The number of carbonyl (C=O) groups excluding carboxylic acids is 2. The molecule has 5 nitrogen and oxygen atoms in total. The van der Waals surface area contributed by atoms with Gasteiger partial charge < -0.3 is 10.1 Å². The van der Waals surface area contributed by atoms with Crippen molar-refractivity contribution in [3.63, 3.8) is 0 Å². The summed E-state index contributed by atoms with van der Waals surface area (Å²) in [4.78, 5) is 29.5. The van der Waals surface area contributed by atoms with E-state index in [9.17, 15) is 9.59 Å². The van der Waals surface area contributed by atoms with Gasteiger partial charge in [-0.05, 0) is 62.2 Å². The van der Waals surface area contributed by atoms with Gasteiger partial charge in [-0.2, -0.15) is 0 Å². The summed E-state index contributed by atoms with van der Waals surface area (Å²) in [5.41, 5.74) is 2.33. The molecule has 0 atom stereocenters. The highest BCUT2D eigenvalue weighted by Gasteiger charge is 2.21. The maximum absolute atomic E-state index is 12.7. The third kappa shape index (κ3) is 5.88. The number of pyridine rings is 1. The zero-order valence-corrected chi connectivity index (χ0v) is 17.3. The fourth-order valence-corrected chi connectivity index (χ4v) is 2.73. The topological polar surface area (TPSA) is 68.3 Å². The van der Waals surface area contributed by atoms with Crippen LogP contribution in [0, 0.1) is 0 Å². The van der Waals surface area contributed by atoms with Crippen LogP contribution in [0.3, 0.4) is 0 Å². The number of rotatable bonds is 5. The number of anilines is 1. The van der Waals surface area contributed by atoms with Crippen LogP contribution in [0.4, 0.5) is 5.69 Å². The number of aromatic nitrogens is 1.